The van der Waals surface area contributed by atoms with Gasteiger partial charge in [0.2, 0.25) is 5.91 Å². The maximum Gasteiger partial charge on any atom is 0.234 e. The van der Waals surface area contributed by atoms with E-state index in [0.29, 0.717) is 19.0 Å². The molecule has 0 saturated carbocycles. The second-order valence-corrected chi connectivity index (χ2v) is 4.90. The SMILES string of the molecule is C#CCNC(=O)CN1CCC(CNCCOC)CC1. The van der Waals surface area contributed by atoms with Gasteiger partial charge in [0.1, 0.15) is 0 Å². The number of rotatable bonds is 8. The van der Waals surface area contributed by atoms with Crippen LogP contribution < -0.4 is 10.6 Å². The van der Waals surface area contributed by atoms with E-state index in [2.05, 4.69) is 21.5 Å². The molecular formula is C14H25N3O2. The Hall–Kier alpha value is -1.09. The van der Waals surface area contributed by atoms with Crippen LogP contribution in [0.1, 0.15) is 12.8 Å². The first-order valence-electron chi connectivity index (χ1n) is 6.88. The molecule has 1 aliphatic heterocycles. The summed E-state index contributed by atoms with van der Waals surface area (Å²) in [6.07, 6.45) is 7.38. The van der Waals surface area contributed by atoms with Crippen LogP contribution in [0.4, 0.5) is 0 Å². The minimum Gasteiger partial charge on any atom is -0.383 e. The van der Waals surface area contributed by atoms with Gasteiger partial charge < -0.3 is 15.4 Å². The van der Waals surface area contributed by atoms with Crippen molar-refractivity contribution in [2.45, 2.75) is 12.8 Å². The number of nitrogens with one attached hydrogen (secondary N) is 2. The topological polar surface area (TPSA) is 53.6 Å². The van der Waals surface area contributed by atoms with Crippen LogP contribution in [0.15, 0.2) is 0 Å². The average molecular weight is 267 g/mol. The molecule has 1 fully saturated rings. The summed E-state index contributed by atoms with van der Waals surface area (Å²) >= 11 is 0. The highest BCUT2D eigenvalue weighted by Gasteiger charge is 2.20. The summed E-state index contributed by atoms with van der Waals surface area (Å²) in [7, 11) is 1.71. The Labute approximate surface area is 116 Å². The van der Waals surface area contributed by atoms with E-state index in [1.165, 1.54) is 0 Å². The Morgan fingerprint density at radius 2 is 2.21 bits per heavy atom. The third-order valence-electron chi connectivity index (χ3n) is 3.38. The lowest BCUT2D eigenvalue weighted by atomic mass is 9.97. The number of methoxy groups -OCH3 is 1. The van der Waals surface area contributed by atoms with Gasteiger partial charge in [-0.2, -0.15) is 0 Å². The zero-order valence-electron chi connectivity index (χ0n) is 11.8. The van der Waals surface area contributed by atoms with Crippen molar-refractivity contribution in [3.05, 3.63) is 0 Å². The summed E-state index contributed by atoms with van der Waals surface area (Å²) in [4.78, 5) is 13.7. The van der Waals surface area contributed by atoms with Crippen LogP contribution in [0.25, 0.3) is 0 Å². The zero-order chi connectivity index (χ0) is 13.9. The Kier molecular flexibility index (Phi) is 8.23. The first-order valence-corrected chi connectivity index (χ1v) is 6.88. The van der Waals surface area contributed by atoms with Gasteiger partial charge in [-0.15, -0.1) is 6.42 Å². The minimum atomic E-state index is 0.0228. The number of carbonyl (C=O) groups is 1. The Morgan fingerprint density at radius 3 is 2.84 bits per heavy atom. The Morgan fingerprint density at radius 1 is 1.47 bits per heavy atom. The number of terminal acetylenes is 1. The van der Waals surface area contributed by atoms with Gasteiger partial charge in [-0.25, -0.2) is 0 Å². The fraction of sp³-hybridized carbons (Fsp3) is 0.786. The predicted octanol–water partition coefficient (Wildman–Crippen LogP) is -0.316. The number of ether oxygens (including phenoxy) is 1. The number of carbonyl (C=O) groups excluding carboxylic acids is 1. The number of amides is 1. The molecule has 2 N–H and O–H groups in total. The van der Waals surface area contributed by atoms with Crippen LogP contribution in [-0.2, 0) is 9.53 Å². The average Bonchev–Trinajstić information content (AvgIpc) is 2.43. The molecule has 0 aromatic carbocycles. The highest BCUT2D eigenvalue weighted by atomic mass is 16.5. The van der Waals surface area contributed by atoms with Gasteiger partial charge in [0.05, 0.1) is 19.7 Å². The van der Waals surface area contributed by atoms with Crippen LogP contribution >= 0.6 is 0 Å². The number of hydrogen-bond acceptors (Lipinski definition) is 4. The minimum absolute atomic E-state index is 0.0228. The molecule has 1 amide bonds. The molecular weight excluding hydrogens is 242 g/mol. The van der Waals surface area contributed by atoms with Gasteiger partial charge in [0.25, 0.3) is 0 Å². The molecule has 0 unspecified atom stereocenters. The van der Waals surface area contributed by atoms with Crippen molar-refractivity contribution < 1.29 is 9.53 Å². The molecule has 0 spiro atoms. The smallest absolute Gasteiger partial charge is 0.234 e. The summed E-state index contributed by atoms with van der Waals surface area (Å²) in [6.45, 7) is 5.46. The molecule has 0 bridgehead atoms. The molecule has 5 heteroatoms. The third-order valence-corrected chi connectivity index (χ3v) is 3.38. The quantitative estimate of drug-likeness (QED) is 0.468. The summed E-state index contributed by atoms with van der Waals surface area (Å²) in [5.41, 5.74) is 0. The summed E-state index contributed by atoms with van der Waals surface area (Å²) < 4.78 is 5.00. The fourth-order valence-corrected chi connectivity index (χ4v) is 2.24. The molecule has 19 heavy (non-hydrogen) atoms. The van der Waals surface area contributed by atoms with E-state index >= 15 is 0 Å². The number of nitrogens with zero attached hydrogens (tertiary/aromatic N) is 1. The van der Waals surface area contributed by atoms with Crippen molar-refractivity contribution in [2.75, 3.05) is 53.0 Å². The van der Waals surface area contributed by atoms with Crippen molar-refractivity contribution in [3.63, 3.8) is 0 Å². The molecule has 1 rings (SSSR count). The molecule has 0 aliphatic carbocycles. The summed E-state index contributed by atoms with van der Waals surface area (Å²) in [5.74, 6) is 3.14. The van der Waals surface area contributed by atoms with E-state index in [-0.39, 0.29) is 5.91 Å². The fourth-order valence-electron chi connectivity index (χ4n) is 2.24. The second-order valence-electron chi connectivity index (χ2n) is 4.90. The van der Waals surface area contributed by atoms with Crippen LogP contribution in [0.5, 0.6) is 0 Å². The lowest BCUT2D eigenvalue weighted by Crippen LogP contribution is -2.43. The molecule has 0 aromatic heterocycles. The van der Waals surface area contributed by atoms with E-state index in [1.54, 1.807) is 7.11 Å². The lowest BCUT2D eigenvalue weighted by Gasteiger charge is -2.31. The molecule has 108 valence electrons. The number of likely N-dealkylation sites (tertiary alicyclic amines) is 1. The second kappa shape index (κ2) is 9.79. The molecule has 0 aromatic rings. The maximum absolute atomic E-state index is 11.5. The van der Waals surface area contributed by atoms with Gasteiger partial charge >= 0.3 is 0 Å². The van der Waals surface area contributed by atoms with Crippen molar-refractivity contribution in [3.8, 4) is 12.3 Å². The van der Waals surface area contributed by atoms with E-state index in [9.17, 15) is 4.79 Å². The van der Waals surface area contributed by atoms with Gasteiger partial charge in [0.15, 0.2) is 0 Å². The maximum atomic E-state index is 11.5. The first-order chi connectivity index (χ1) is 9.26. The Balaban J connectivity index is 2.08. The monoisotopic (exact) mass is 267 g/mol. The lowest BCUT2D eigenvalue weighted by molar-refractivity contribution is -0.122. The number of piperidine rings is 1. The molecule has 5 nitrogen and oxygen atoms in total. The van der Waals surface area contributed by atoms with Crippen molar-refractivity contribution >= 4 is 5.91 Å². The summed E-state index contributed by atoms with van der Waals surface area (Å²) in [6, 6.07) is 0. The van der Waals surface area contributed by atoms with E-state index in [1.807, 2.05) is 0 Å². The first kappa shape index (κ1) is 16.0. The van der Waals surface area contributed by atoms with Crippen LogP contribution in [0.2, 0.25) is 0 Å². The largest absolute Gasteiger partial charge is 0.383 e. The van der Waals surface area contributed by atoms with E-state index < -0.39 is 0 Å². The number of hydrogen-bond donors (Lipinski definition) is 2. The van der Waals surface area contributed by atoms with E-state index in [4.69, 9.17) is 11.2 Å². The molecule has 1 aliphatic rings. The Bertz CT molecular complexity index is 294. The van der Waals surface area contributed by atoms with Crippen molar-refractivity contribution in [1.82, 2.24) is 15.5 Å². The zero-order valence-corrected chi connectivity index (χ0v) is 11.8. The van der Waals surface area contributed by atoms with Gasteiger partial charge in [-0.05, 0) is 38.4 Å². The van der Waals surface area contributed by atoms with Crippen molar-refractivity contribution in [2.24, 2.45) is 5.92 Å². The molecule has 0 atom stereocenters. The standard InChI is InChI=1S/C14H25N3O2/c1-3-6-16-14(18)12-17-8-4-13(5-9-17)11-15-7-10-19-2/h1,13,15H,4-12H2,2H3,(H,16,18). The van der Waals surface area contributed by atoms with Crippen LogP contribution in [0, 0.1) is 18.3 Å². The molecule has 1 heterocycles. The predicted molar refractivity (Wildman–Crippen MR) is 75.8 cm³/mol. The van der Waals surface area contributed by atoms with Gasteiger partial charge in [0, 0.05) is 13.7 Å². The third kappa shape index (κ3) is 7.16. The normalized spacial score (nSPS) is 17.1. The summed E-state index contributed by atoms with van der Waals surface area (Å²) in [5, 5.41) is 6.09. The van der Waals surface area contributed by atoms with Gasteiger partial charge in [-0.1, -0.05) is 5.92 Å². The van der Waals surface area contributed by atoms with Crippen LogP contribution in [0.3, 0.4) is 0 Å². The van der Waals surface area contributed by atoms with E-state index in [0.717, 1.165) is 45.6 Å². The van der Waals surface area contributed by atoms with Crippen LogP contribution in [-0.4, -0.2) is 63.8 Å². The highest BCUT2D eigenvalue weighted by molar-refractivity contribution is 5.78. The highest BCUT2D eigenvalue weighted by Crippen LogP contribution is 2.15. The van der Waals surface area contributed by atoms with Gasteiger partial charge in [-0.3, -0.25) is 9.69 Å². The molecule has 1 saturated heterocycles. The molecule has 0 radical (unpaired) electrons. The van der Waals surface area contributed by atoms with Crippen molar-refractivity contribution in [1.29, 1.82) is 0 Å².